The van der Waals surface area contributed by atoms with Gasteiger partial charge in [0.1, 0.15) is 5.75 Å². The molecule has 6 nitrogen and oxygen atoms in total. The lowest BCUT2D eigenvalue weighted by molar-refractivity contribution is 0.00592. The molecular formula is C28H32ClN3O3. The molecule has 1 fully saturated rings. The Kier molecular flexibility index (Phi) is 8.64. The van der Waals surface area contributed by atoms with Crippen molar-refractivity contribution in [2.24, 2.45) is 0 Å². The summed E-state index contributed by atoms with van der Waals surface area (Å²) in [7, 11) is 1.61. The number of halogens is 1. The first kappa shape index (κ1) is 25.0. The van der Waals surface area contributed by atoms with Gasteiger partial charge >= 0.3 is 6.03 Å². The van der Waals surface area contributed by atoms with Crippen LogP contribution in [0.4, 0.5) is 10.5 Å². The van der Waals surface area contributed by atoms with Gasteiger partial charge in [0.25, 0.3) is 0 Å². The van der Waals surface area contributed by atoms with E-state index in [-0.39, 0.29) is 12.1 Å². The molecule has 0 spiro atoms. The SMILES string of the molecule is COc1cccc(NC(=O)N2CCN(C[C@H](OCc3cccc(C)c3)c3ccc(Cl)cc3)CC2)c1. The number of ether oxygens (including phenoxy) is 2. The number of rotatable bonds is 8. The first-order valence-corrected chi connectivity index (χ1v) is 12.2. The summed E-state index contributed by atoms with van der Waals surface area (Å²) in [6.07, 6.45) is -0.0926. The monoisotopic (exact) mass is 493 g/mol. The van der Waals surface area contributed by atoms with Crippen LogP contribution in [-0.2, 0) is 11.3 Å². The Labute approximate surface area is 212 Å². The zero-order chi connectivity index (χ0) is 24.6. The van der Waals surface area contributed by atoms with E-state index in [9.17, 15) is 4.79 Å². The van der Waals surface area contributed by atoms with Crippen LogP contribution in [0.2, 0.25) is 5.02 Å². The van der Waals surface area contributed by atoms with Crippen LogP contribution >= 0.6 is 11.6 Å². The molecule has 2 amide bonds. The van der Waals surface area contributed by atoms with Gasteiger partial charge < -0.3 is 19.7 Å². The minimum atomic E-state index is -0.0946. The lowest BCUT2D eigenvalue weighted by atomic mass is 10.1. The number of methoxy groups -OCH3 is 1. The number of urea groups is 1. The Bertz CT molecular complexity index is 1110. The molecule has 1 heterocycles. The van der Waals surface area contributed by atoms with Gasteiger partial charge in [-0.15, -0.1) is 0 Å². The van der Waals surface area contributed by atoms with Crippen molar-refractivity contribution in [1.29, 1.82) is 0 Å². The Morgan fingerprint density at radius 1 is 1.00 bits per heavy atom. The number of carbonyl (C=O) groups is 1. The number of hydrogen-bond acceptors (Lipinski definition) is 4. The molecule has 1 atom stereocenters. The third-order valence-electron chi connectivity index (χ3n) is 6.18. The molecule has 184 valence electrons. The predicted octanol–water partition coefficient (Wildman–Crippen LogP) is 5.76. The Hall–Kier alpha value is -3.06. The van der Waals surface area contributed by atoms with Crippen LogP contribution in [0.25, 0.3) is 0 Å². The van der Waals surface area contributed by atoms with E-state index in [1.165, 1.54) is 5.56 Å². The molecule has 0 aliphatic carbocycles. The smallest absolute Gasteiger partial charge is 0.321 e. The highest BCUT2D eigenvalue weighted by atomic mass is 35.5. The van der Waals surface area contributed by atoms with E-state index in [1.807, 2.05) is 53.4 Å². The van der Waals surface area contributed by atoms with Gasteiger partial charge in [0.2, 0.25) is 0 Å². The molecule has 1 N–H and O–H groups in total. The lowest BCUT2D eigenvalue weighted by Crippen LogP contribution is -2.50. The summed E-state index contributed by atoms with van der Waals surface area (Å²) in [5.41, 5.74) is 4.20. The molecule has 1 aliphatic rings. The molecule has 0 bridgehead atoms. The minimum absolute atomic E-state index is 0.0926. The molecule has 0 aromatic heterocycles. The summed E-state index contributed by atoms with van der Waals surface area (Å²) >= 11 is 6.12. The average molecular weight is 494 g/mol. The Morgan fingerprint density at radius 3 is 2.46 bits per heavy atom. The number of piperazine rings is 1. The fourth-order valence-electron chi connectivity index (χ4n) is 4.20. The van der Waals surface area contributed by atoms with Crippen molar-refractivity contribution >= 4 is 23.3 Å². The molecule has 1 aliphatic heterocycles. The molecule has 0 radical (unpaired) electrons. The summed E-state index contributed by atoms with van der Waals surface area (Å²) in [6.45, 7) is 6.25. The van der Waals surface area contributed by atoms with Gasteiger partial charge in [-0.1, -0.05) is 59.6 Å². The molecule has 4 rings (SSSR count). The second kappa shape index (κ2) is 12.1. The van der Waals surface area contributed by atoms with Gasteiger partial charge in [0.05, 0.1) is 19.8 Å². The number of nitrogens with one attached hydrogen (secondary N) is 1. The minimum Gasteiger partial charge on any atom is -0.497 e. The number of nitrogens with zero attached hydrogens (tertiary/aromatic N) is 2. The largest absolute Gasteiger partial charge is 0.497 e. The number of amides is 2. The topological polar surface area (TPSA) is 54.0 Å². The van der Waals surface area contributed by atoms with Crippen molar-refractivity contribution < 1.29 is 14.3 Å². The molecule has 35 heavy (non-hydrogen) atoms. The maximum absolute atomic E-state index is 12.8. The normalized spacial score (nSPS) is 15.0. The van der Waals surface area contributed by atoms with Gasteiger partial charge in [-0.05, 0) is 42.3 Å². The summed E-state index contributed by atoms with van der Waals surface area (Å²) < 4.78 is 11.6. The number of hydrogen-bond donors (Lipinski definition) is 1. The van der Waals surface area contributed by atoms with E-state index in [2.05, 4.69) is 41.4 Å². The van der Waals surface area contributed by atoms with Crippen molar-refractivity contribution in [1.82, 2.24) is 9.80 Å². The second-order valence-electron chi connectivity index (χ2n) is 8.79. The molecule has 1 saturated heterocycles. The number of aryl methyl sites for hydroxylation is 1. The molecule has 3 aromatic carbocycles. The van der Waals surface area contributed by atoms with Crippen LogP contribution in [0.15, 0.2) is 72.8 Å². The summed E-state index contributed by atoms with van der Waals surface area (Å²) in [5.74, 6) is 0.714. The predicted molar refractivity (Wildman–Crippen MR) is 140 cm³/mol. The van der Waals surface area contributed by atoms with E-state index in [1.54, 1.807) is 7.11 Å². The third kappa shape index (κ3) is 7.21. The molecule has 0 saturated carbocycles. The summed E-state index contributed by atoms with van der Waals surface area (Å²) in [5, 5.41) is 3.68. The zero-order valence-corrected chi connectivity index (χ0v) is 21.0. The van der Waals surface area contributed by atoms with Crippen molar-refractivity contribution in [3.05, 3.63) is 94.5 Å². The first-order valence-electron chi connectivity index (χ1n) is 11.8. The Morgan fingerprint density at radius 2 is 1.74 bits per heavy atom. The molecule has 0 unspecified atom stereocenters. The van der Waals surface area contributed by atoms with Crippen LogP contribution in [0, 0.1) is 6.92 Å². The van der Waals surface area contributed by atoms with Crippen LogP contribution in [0.3, 0.4) is 0 Å². The van der Waals surface area contributed by atoms with Gasteiger partial charge in [-0.3, -0.25) is 4.90 Å². The van der Waals surface area contributed by atoms with Gasteiger partial charge in [-0.25, -0.2) is 4.79 Å². The number of anilines is 1. The van der Waals surface area contributed by atoms with E-state index in [0.717, 1.165) is 36.4 Å². The second-order valence-corrected chi connectivity index (χ2v) is 9.23. The quantitative estimate of drug-likeness (QED) is 0.433. The van der Waals surface area contributed by atoms with Crippen molar-refractivity contribution in [3.8, 4) is 5.75 Å². The van der Waals surface area contributed by atoms with Crippen LogP contribution < -0.4 is 10.1 Å². The van der Waals surface area contributed by atoms with Crippen molar-refractivity contribution in [2.75, 3.05) is 45.2 Å². The highest BCUT2D eigenvalue weighted by Gasteiger charge is 2.24. The van der Waals surface area contributed by atoms with Crippen LogP contribution in [-0.4, -0.2) is 55.7 Å². The fourth-order valence-corrected chi connectivity index (χ4v) is 4.33. The standard InChI is InChI=1S/C28H32ClN3O3/c1-21-5-3-6-22(17-21)20-35-27(23-9-11-24(29)12-10-23)19-31-13-15-32(16-14-31)28(33)30-25-7-4-8-26(18-25)34-2/h3-12,17-18,27H,13-16,19-20H2,1-2H3,(H,30,33)/t27-/m0/s1. The maximum Gasteiger partial charge on any atom is 0.321 e. The van der Waals surface area contributed by atoms with Crippen molar-refractivity contribution in [3.63, 3.8) is 0 Å². The van der Waals surface area contributed by atoms with E-state index < -0.39 is 0 Å². The first-order chi connectivity index (χ1) is 17.0. The Balaban J connectivity index is 1.34. The van der Waals surface area contributed by atoms with E-state index in [0.29, 0.717) is 30.5 Å². The highest BCUT2D eigenvalue weighted by Crippen LogP contribution is 2.24. The molecular weight excluding hydrogens is 462 g/mol. The molecule has 3 aromatic rings. The zero-order valence-electron chi connectivity index (χ0n) is 20.2. The highest BCUT2D eigenvalue weighted by molar-refractivity contribution is 6.30. The van der Waals surface area contributed by atoms with Gasteiger partial charge in [0, 0.05) is 49.5 Å². The van der Waals surface area contributed by atoms with Crippen LogP contribution in [0.1, 0.15) is 22.8 Å². The van der Waals surface area contributed by atoms with Gasteiger partial charge in [-0.2, -0.15) is 0 Å². The summed E-state index contributed by atoms with van der Waals surface area (Å²) in [4.78, 5) is 17.0. The average Bonchev–Trinajstić information content (AvgIpc) is 2.87. The third-order valence-corrected chi connectivity index (χ3v) is 6.43. The summed E-state index contributed by atoms with van der Waals surface area (Å²) in [6, 6.07) is 23.5. The van der Waals surface area contributed by atoms with E-state index in [4.69, 9.17) is 21.1 Å². The fraction of sp³-hybridized carbons (Fsp3) is 0.321. The van der Waals surface area contributed by atoms with E-state index >= 15 is 0 Å². The number of carbonyl (C=O) groups excluding carboxylic acids is 1. The number of benzene rings is 3. The molecule has 7 heteroatoms. The maximum atomic E-state index is 12.8. The van der Waals surface area contributed by atoms with Crippen molar-refractivity contribution in [2.45, 2.75) is 19.6 Å². The van der Waals surface area contributed by atoms with Gasteiger partial charge in [0.15, 0.2) is 0 Å². The van der Waals surface area contributed by atoms with Crippen LogP contribution in [0.5, 0.6) is 5.75 Å². The lowest BCUT2D eigenvalue weighted by Gasteiger charge is -2.36.